The molecule has 1 fully saturated rings. The van der Waals surface area contributed by atoms with Gasteiger partial charge in [0.25, 0.3) is 0 Å². The van der Waals surface area contributed by atoms with Crippen molar-refractivity contribution in [3.63, 3.8) is 0 Å². The van der Waals surface area contributed by atoms with Crippen molar-refractivity contribution in [3.8, 4) is 0 Å². The summed E-state index contributed by atoms with van der Waals surface area (Å²) < 4.78 is 5.42. The van der Waals surface area contributed by atoms with Crippen LogP contribution in [0.25, 0.3) is 0 Å². The number of ether oxygens (including phenoxy) is 1. The van der Waals surface area contributed by atoms with Crippen LogP contribution in [0, 0.1) is 5.41 Å². The van der Waals surface area contributed by atoms with E-state index in [0.717, 1.165) is 31.3 Å². The van der Waals surface area contributed by atoms with Crippen LogP contribution in [-0.2, 0) is 4.74 Å². The third-order valence-corrected chi connectivity index (χ3v) is 4.11. The third kappa shape index (κ3) is 4.88. The fourth-order valence-corrected chi connectivity index (χ4v) is 2.81. The van der Waals surface area contributed by atoms with Crippen molar-refractivity contribution in [2.75, 3.05) is 19.7 Å². The summed E-state index contributed by atoms with van der Waals surface area (Å²) in [5, 5.41) is 9.09. The van der Waals surface area contributed by atoms with E-state index >= 15 is 0 Å². The summed E-state index contributed by atoms with van der Waals surface area (Å²) in [6.07, 6.45) is 4.88. The highest BCUT2D eigenvalue weighted by atomic mass is 16.6. The highest BCUT2D eigenvalue weighted by Crippen LogP contribution is 2.42. The van der Waals surface area contributed by atoms with Crippen LogP contribution in [0.3, 0.4) is 0 Å². The fraction of sp³-hybridized carbons (Fsp3) is 0.706. The van der Waals surface area contributed by atoms with Crippen molar-refractivity contribution in [1.82, 2.24) is 4.90 Å². The quantitative estimate of drug-likeness (QED) is 0.790. The molecule has 0 unspecified atom stereocenters. The molecule has 0 aliphatic carbocycles. The van der Waals surface area contributed by atoms with Gasteiger partial charge in [0.2, 0.25) is 0 Å². The normalized spacial score (nSPS) is 18.2. The van der Waals surface area contributed by atoms with Crippen molar-refractivity contribution in [1.29, 1.82) is 0 Å². The number of amides is 1. The molecule has 21 heavy (non-hydrogen) atoms. The molecule has 1 rings (SSSR count). The second-order valence-electron chi connectivity index (χ2n) is 6.80. The van der Waals surface area contributed by atoms with E-state index in [-0.39, 0.29) is 18.1 Å². The first-order chi connectivity index (χ1) is 9.74. The highest BCUT2D eigenvalue weighted by molar-refractivity contribution is 5.68. The van der Waals surface area contributed by atoms with Crippen LogP contribution in [0.1, 0.15) is 46.5 Å². The minimum Gasteiger partial charge on any atom is -0.444 e. The topological polar surface area (TPSA) is 49.8 Å². The van der Waals surface area contributed by atoms with Crippen LogP contribution >= 0.6 is 0 Å². The molecule has 1 saturated heterocycles. The van der Waals surface area contributed by atoms with E-state index in [2.05, 4.69) is 13.2 Å². The van der Waals surface area contributed by atoms with Gasteiger partial charge in [-0.1, -0.05) is 19.2 Å². The molecular weight excluding hydrogens is 266 g/mol. The van der Waals surface area contributed by atoms with Crippen LogP contribution in [0.4, 0.5) is 4.79 Å². The molecule has 4 nitrogen and oxygen atoms in total. The third-order valence-electron chi connectivity index (χ3n) is 4.11. The van der Waals surface area contributed by atoms with Crippen molar-refractivity contribution in [2.24, 2.45) is 5.41 Å². The minimum absolute atomic E-state index is 0.0387. The molecule has 1 N–H and O–H groups in total. The zero-order chi connectivity index (χ0) is 16.1. The summed E-state index contributed by atoms with van der Waals surface area (Å²) in [7, 11) is 0. The summed E-state index contributed by atoms with van der Waals surface area (Å²) in [5.41, 5.74) is 0.510. The van der Waals surface area contributed by atoms with E-state index in [1.807, 2.05) is 20.8 Å². The van der Waals surface area contributed by atoms with Crippen LogP contribution < -0.4 is 0 Å². The van der Waals surface area contributed by atoms with Gasteiger partial charge < -0.3 is 14.7 Å². The molecule has 0 radical (unpaired) electrons. The Kier molecular flexibility index (Phi) is 6.02. The maximum Gasteiger partial charge on any atom is 0.410 e. The van der Waals surface area contributed by atoms with E-state index in [1.165, 1.54) is 0 Å². The Labute approximate surface area is 128 Å². The largest absolute Gasteiger partial charge is 0.444 e. The molecule has 4 heteroatoms. The lowest BCUT2D eigenvalue weighted by Crippen LogP contribution is -2.45. The van der Waals surface area contributed by atoms with Gasteiger partial charge in [-0.25, -0.2) is 4.79 Å². The fourth-order valence-electron chi connectivity index (χ4n) is 2.81. The Hall–Kier alpha value is -1.29. The maximum atomic E-state index is 12.1. The van der Waals surface area contributed by atoms with Crippen molar-refractivity contribution < 1.29 is 14.6 Å². The number of hydrogen-bond donors (Lipinski definition) is 1. The zero-order valence-corrected chi connectivity index (χ0v) is 13.7. The number of piperidine rings is 1. The van der Waals surface area contributed by atoms with Crippen LogP contribution in [0.5, 0.6) is 0 Å². The second-order valence-corrected chi connectivity index (χ2v) is 6.80. The minimum atomic E-state index is -0.465. The standard InChI is InChI=1S/C17H29NO3/c1-6-14(2)17(8-7-13-19)9-11-18(12-10-17)15(20)21-16(3,4)5/h6,19H,1-2,7-13H2,3-5H3. The molecule has 1 aliphatic rings. The lowest BCUT2D eigenvalue weighted by Gasteiger charge is -2.42. The Bertz CT molecular complexity index is 387. The predicted octanol–water partition coefficient (Wildman–Crippen LogP) is 3.52. The number of aliphatic hydroxyl groups is 1. The molecule has 0 saturated carbocycles. The van der Waals surface area contributed by atoms with Crippen molar-refractivity contribution >= 4 is 6.09 Å². The predicted molar refractivity (Wildman–Crippen MR) is 85.1 cm³/mol. The SMILES string of the molecule is C=CC(=C)C1(CCCO)CCN(C(=O)OC(C)(C)C)CC1. The molecule has 0 aromatic carbocycles. The van der Waals surface area contributed by atoms with Gasteiger partial charge in [0.15, 0.2) is 0 Å². The number of hydrogen-bond acceptors (Lipinski definition) is 3. The maximum absolute atomic E-state index is 12.1. The summed E-state index contributed by atoms with van der Waals surface area (Å²) in [4.78, 5) is 13.9. The van der Waals surface area contributed by atoms with E-state index in [4.69, 9.17) is 9.84 Å². The molecule has 0 bridgehead atoms. The summed E-state index contributed by atoms with van der Waals surface area (Å²) >= 11 is 0. The van der Waals surface area contributed by atoms with Gasteiger partial charge in [0.1, 0.15) is 5.60 Å². The van der Waals surface area contributed by atoms with E-state index in [0.29, 0.717) is 13.1 Å². The molecule has 1 aliphatic heterocycles. The lowest BCUT2D eigenvalue weighted by molar-refractivity contribution is 0.0125. The first-order valence-electron chi connectivity index (χ1n) is 7.65. The molecule has 120 valence electrons. The molecule has 0 aromatic rings. The van der Waals surface area contributed by atoms with Crippen LogP contribution in [0.2, 0.25) is 0 Å². The van der Waals surface area contributed by atoms with Gasteiger partial charge in [0.05, 0.1) is 0 Å². The average Bonchev–Trinajstić information content (AvgIpc) is 2.42. The number of likely N-dealkylation sites (tertiary alicyclic amines) is 1. The molecule has 1 heterocycles. The van der Waals surface area contributed by atoms with Crippen molar-refractivity contribution in [2.45, 2.75) is 52.1 Å². The first kappa shape index (κ1) is 17.8. The number of carbonyl (C=O) groups excluding carboxylic acids is 1. The van der Waals surface area contributed by atoms with E-state index in [1.54, 1.807) is 11.0 Å². The van der Waals surface area contributed by atoms with Gasteiger partial charge in [0, 0.05) is 19.7 Å². The van der Waals surface area contributed by atoms with Gasteiger partial charge in [-0.2, -0.15) is 0 Å². The van der Waals surface area contributed by atoms with Crippen LogP contribution in [0.15, 0.2) is 24.8 Å². The number of rotatable bonds is 5. The summed E-state index contributed by atoms with van der Waals surface area (Å²) in [5.74, 6) is 0. The molecule has 0 aromatic heterocycles. The number of carbonyl (C=O) groups is 1. The Balaban J connectivity index is 2.68. The first-order valence-corrected chi connectivity index (χ1v) is 7.65. The molecular formula is C17H29NO3. The van der Waals surface area contributed by atoms with E-state index < -0.39 is 5.60 Å². The highest BCUT2D eigenvalue weighted by Gasteiger charge is 2.37. The smallest absolute Gasteiger partial charge is 0.410 e. The number of aliphatic hydroxyl groups excluding tert-OH is 1. The average molecular weight is 295 g/mol. The lowest BCUT2D eigenvalue weighted by atomic mass is 9.70. The second kappa shape index (κ2) is 7.12. The van der Waals surface area contributed by atoms with Gasteiger partial charge in [-0.3, -0.25) is 0 Å². The Morgan fingerprint density at radius 1 is 1.38 bits per heavy atom. The summed E-state index contributed by atoms with van der Waals surface area (Å²) in [6, 6.07) is 0. The van der Waals surface area contributed by atoms with Gasteiger partial charge in [-0.05, 0) is 57.4 Å². The van der Waals surface area contributed by atoms with Gasteiger partial charge >= 0.3 is 6.09 Å². The van der Waals surface area contributed by atoms with Crippen molar-refractivity contribution in [3.05, 3.63) is 24.8 Å². The van der Waals surface area contributed by atoms with E-state index in [9.17, 15) is 4.79 Å². The molecule has 1 amide bonds. The van der Waals surface area contributed by atoms with Crippen LogP contribution in [-0.4, -0.2) is 41.4 Å². The molecule has 0 atom stereocenters. The summed E-state index contributed by atoms with van der Waals surface area (Å²) in [6.45, 7) is 15.1. The molecule has 0 spiro atoms. The van der Waals surface area contributed by atoms with Gasteiger partial charge in [-0.15, -0.1) is 0 Å². The Morgan fingerprint density at radius 2 is 1.95 bits per heavy atom. The number of allylic oxidation sites excluding steroid dienone is 2. The monoisotopic (exact) mass is 295 g/mol. The number of nitrogens with zero attached hydrogens (tertiary/aromatic N) is 1. The zero-order valence-electron chi connectivity index (χ0n) is 13.7. The Morgan fingerprint density at radius 3 is 2.38 bits per heavy atom.